The lowest BCUT2D eigenvalue weighted by Gasteiger charge is -2.34. The average Bonchev–Trinajstić information content (AvgIpc) is 2.38. The number of nitrogens with two attached hydrogens (primary N) is 1. The molecule has 0 spiro atoms. The second-order valence-electron chi connectivity index (χ2n) is 6.15. The third-order valence-electron chi connectivity index (χ3n) is 4.10. The molecular weight excluding hydrogens is 222 g/mol. The normalized spacial score (nSPS) is 19.9. The average molecular weight is 247 g/mol. The molecule has 1 aliphatic carbocycles. The molecule has 1 fully saturated rings. The van der Waals surface area contributed by atoms with Gasteiger partial charge in [-0.3, -0.25) is 0 Å². The third-order valence-corrected chi connectivity index (χ3v) is 4.10. The summed E-state index contributed by atoms with van der Waals surface area (Å²) in [6, 6.07) is 8.30. The van der Waals surface area contributed by atoms with E-state index in [-0.39, 0.29) is 0 Å². The van der Waals surface area contributed by atoms with Crippen molar-refractivity contribution >= 4 is 0 Å². The van der Waals surface area contributed by atoms with Gasteiger partial charge in [0, 0.05) is 6.54 Å². The molecule has 1 aliphatic rings. The predicted octanol–water partition coefficient (Wildman–Crippen LogP) is 3.63. The monoisotopic (exact) mass is 247 g/mol. The Balaban J connectivity index is 1.85. The Bertz CT molecular complexity index is 376. The molecule has 0 atom stereocenters. The molecule has 0 bridgehead atoms. The van der Waals surface area contributed by atoms with Gasteiger partial charge in [0.05, 0.1) is 12.7 Å². The molecular formula is C16H25NO. The van der Waals surface area contributed by atoms with E-state index >= 15 is 0 Å². The largest absolute Gasteiger partial charge is 0.374 e. The van der Waals surface area contributed by atoms with E-state index in [1.54, 1.807) is 0 Å². The lowest BCUT2D eigenvalue weighted by atomic mass is 9.76. The first kappa shape index (κ1) is 13.6. The van der Waals surface area contributed by atoms with E-state index in [9.17, 15) is 0 Å². The summed E-state index contributed by atoms with van der Waals surface area (Å²) in [6.07, 6.45) is 5.37. The smallest absolute Gasteiger partial charge is 0.0723 e. The molecule has 18 heavy (non-hydrogen) atoms. The van der Waals surface area contributed by atoms with Crippen molar-refractivity contribution in [2.75, 3.05) is 0 Å². The van der Waals surface area contributed by atoms with Gasteiger partial charge in [-0.1, -0.05) is 38.1 Å². The van der Waals surface area contributed by atoms with Crippen LogP contribution in [0.4, 0.5) is 0 Å². The van der Waals surface area contributed by atoms with E-state index in [4.69, 9.17) is 10.5 Å². The van der Waals surface area contributed by atoms with Crippen LogP contribution in [-0.4, -0.2) is 6.10 Å². The van der Waals surface area contributed by atoms with Crippen molar-refractivity contribution in [3.8, 4) is 0 Å². The fourth-order valence-electron chi connectivity index (χ4n) is 2.64. The van der Waals surface area contributed by atoms with Crippen LogP contribution in [0, 0.1) is 5.41 Å². The Labute approximate surface area is 111 Å². The SMILES string of the molecule is CC1(C)CCC(OCc2ccccc2CN)CC1. The molecule has 1 aromatic carbocycles. The van der Waals surface area contributed by atoms with Crippen LogP contribution in [0.5, 0.6) is 0 Å². The summed E-state index contributed by atoms with van der Waals surface area (Å²) >= 11 is 0. The van der Waals surface area contributed by atoms with Crippen LogP contribution in [0.2, 0.25) is 0 Å². The van der Waals surface area contributed by atoms with Gasteiger partial charge in [-0.25, -0.2) is 0 Å². The molecule has 1 aromatic rings. The van der Waals surface area contributed by atoms with Gasteiger partial charge in [0.1, 0.15) is 0 Å². The van der Waals surface area contributed by atoms with Crippen LogP contribution in [0.3, 0.4) is 0 Å². The van der Waals surface area contributed by atoms with E-state index in [1.807, 2.05) is 6.07 Å². The first-order valence-corrected chi connectivity index (χ1v) is 6.99. The van der Waals surface area contributed by atoms with Gasteiger partial charge in [-0.2, -0.15) is 0 Å². The highest BCUT2D eigenvalue weighted by Gasteiger charge is 2.27. The molecule has 100 valence electrons. The predicted molar refractivity (Wildman–Crippen MR) is 75.2 cm³/mol. The standard InChI is InChI=1S/C16H25NO/c1-16(2)9-7-15(8-10-16)18-12-14-6-4-3-5-13(14)11-17/h3-6,15H,7-12,17H2,1-2H3. The first-order valence-electron chi connectivity index (χ1n) is 6.99. The van der Waals surface area contributed by atoms with E-state index < -0.39 is 0 Å². The van der Waals surface area contributed by atoms with Crippen molar-refractivity contribution in [2.45, 2.75) is 58.8 Å². The molecule has 0 aliphatic heterocycles. The summed E-state index contributed by atoms with van der Waals surface area (Å²) < 4.78 is 6.05. The Morgan fingerprint density at radius 2 is 1.78 bits per heavy atom. The zero-order valence-corrected chi connectivity index (χ0v) is 11.6. The van der Waals surface area contributed by atoms with Gasteiger partial charge in [0.25, 0.3) is 0 Å². The van der Waals surface area contributed by atoms with Gasteiger partial charge in [-0.05, 0) is 42.2 Å². The molecule has 1 saturated carbocycles. The highest BCUT2D eigenvalue weighted by atomic mass is 16.5. The molecule has 2 heteroatoms. The molecule has 0 heterocycles. The minimum absolute atomic E-state index is 0.434. The number of benzene rings is 1. The minimum atomic E-state index is 0.434. The van der Waals surface area contributed by atoms with Gasteiger partial charge in [-0.15, -0.1) is 0 Å². The quantitative estimate of drug-likeness (QED) is 0.881. The van der Waals surface area contributed by atoms with Gasteiger partial charge in [0.15, 0.2) is 0 Å². The minimum Gasteiger partial charge on any atom is -0.374 e. The summed E-state index contributed by atoms with van der Waals surface area (Å²) in [5.41, 5.74) is 8.69. The molecule has 0 radical (unpaired) electrons. The second-order valence-corrected chi connectivity index (χ2v) is 6.15. The highest BCUT2D eigenvalue weighted by molar-refractivity contribution is 5.26. The Hall–Kier alpha value is -0.860. The maximum atomic E-state index is 6.05. The van der Waals surface area contributed by atoms with Crippen molar-refractivity contribution < 1.29 is 4.74 Å². The molecule has 0 aromatic heterocycles. The molecule has 2 N–H and O–H groups in total. The zero-order chi connectivity index (χ0) is 13.0. The van der Waals surface area contributed by atoms with Gasteiger partial charge in [0.2, 0.25) is 0 Å². The van der Waals surface area contributed by atoms with Crippen LogP contribution >= 0.6 is 0 Å². The van der Waals surface area contributed by atoms with E-state index in [0.717, 1.165) is 0 Å². The van der Waals surface area contributed by atoms with Crippen molar-refractivity contribution in [3.05, 3.63) is 35.4 Å². The summed E-state index contributed by atoms with van der Waals surface area (Å²) in [4.78, 5) is 0. The summed E-state index contributed by atoms with van der Waals surface area (Å²) in [6.45, 7) is 6.01. The fraction of sp³-hybridized carbons (Fsp3) is 0.625. The van der Waals surface area contributed by atoms with Crippen LogP contribution < -0.4 is 5.73 Å². The van der Waals surface area contributed by atoms with Gasteiger partial charge >= 0.3 is 0 Å². The highest BCUT2D eigenvalue weighted by Crippen LogP contribution is 2.36. The van der Waals surface area contributed by atoms with Crippen LogP contribution in [-0.2, 0) is 17.9 Å². The number of hydrogen-bond acceptors (Lipinski definition) is 2. The Morgan fingerprint density at radius 1 is 1.17 bits per heavy atom. The topological polar surface area (TPSA) is 35.2 Å². The van der Waals surface area contributed by atoms with Crippen LogP contribution in [0.1, 0.15) is 50.7 Å². The van der Waals surface area contributed by atoms with Crippen molar-refractivity contribution in [3.63, 3.8) is 0 Å². The molecule has 2 rings (SSSR count). The second kappa shape index (κ2) is 5.85. The summed E-state index contributed by atoms with van der Waals surface area (Å²) in [5.74, 6) is 0. The molecule has 0 saturated heterocycles. The lowest BCUT2D eigenvalue weighted by Crippen LogP contribution is -2.26. The van der Waals surface area contributed by atoms with Crippen molar-refractivity contribution in [2.24, 2.45) is 11.1 Å². The number of hydrogen-bond donors (Lipinski definition) is 1. The van der Waals surface area contributed by atoms with Gasteiger partial charge < -0.3 is 10.5 Å². The van der Waals surface area contributed by atoms with Crippen molar-refractivity contribution in [1.29, 1.82) is 0 Å². The third kappa shape index (κ3) is 3.56. The Kier molecular flexibility index (Phi) is 4.41. The molecule has 0 unspecified atom stereocenters. The summed E-state index contributed by atoms with van der Waals surface area (Å²) in [5, 5.41) is 0. The van der Waals surface area contributed by atoms with Crippen molar-refractivity contribution in [1.82, 2.24) is 0 Å². The van der Waals surface area contributed by atoms with E-state index in [1.165, 1.54) is 36.8 Å². The van der Waals surface area contributed by atoms with Crippen LogP contribution in [0.15, 0.2) is 24.3 Å². The fourth-order valence-corrected chi connectivity index (χ4v) is 2.64. The first-order chi connectivity index (χ1) is 8.61. The lowest BCUT2D eigenvalue weighted by molar-refractivity contribution is -0.00583. The van der Waals surface area contributed by atoms with E-state index in [2.05, 4.69) is 32.0 Å². The maximum absolute atomic E-state index is 6.05. The zero-order valence-electron chi connectivity index (χ0n) is 11.6. The van der Waals surface area contributed by atoms with Crippen LogP contribution in [0.25, 0.3) is 0 Å². The summed E-state index contributed by atoms with van der Waals surface area (Å²) in [7, 11) is 0. The maximum Gasteiger partial charge on any atom is 0.0723 e. The number of ether oxygens (including phenoxy) is 1. The Morgan fingerprint density at radius 3 is 2.39 bits per heavy atom. The van der Waals surface area contributed by atoms with E-state index in [0.29, 0.717) is 24.7 Å². The number of rotatable bonds is 4. The molecule has 0 amide bonds. The molecule has 2 nitrogen and oxygen atoms in total.